The van der Waals surface area contributed by atoms with E-state index in [0.29, 0.717) is 6.61 Å². The number of hydrogen-bond acceptors (Lipinski definition) is 4. The van der Waals surface area contributed by atoms with Crippen LogP contribution in [0.3, 0.4) is 0 Å². The highest BCUT2D eigenvalue weighted by molar-refractivity contribution is 5.94. The van der Waals surface area contributed by atoms with Gasteiger partial charge in [-0.05, 0) is 43.9 Å². The summed E-state index contributed by atoms with van der Waals surface area (Å²) in [5.41, 5.74) is -0.198. The maximum atomic E-state index is 13.5. The molecule has 2 atom stereocenters. The lowest BCUT2D eigenvalue weighted by Gasteiger charge is -2.48. The van der Waals surface area contributed by atoms with Crippen LogP contribution in [0, 0.1) is 11.2 Å². The van der Waals surface area contributed by atoms with Crippen molar-refractivity contribution in [2.75, 3.05) is 13.2 Å². The van der Waals surface area contributed by atoms with E-state index in [-0.39, 0.29) is 29.7 Å². The Balaban J connectivity index is 1.80. The average Bonchev–Trinajstić information content (AvgIpc) is 3.02. The number of hydrogen-bond donors (Lipinski definition) is 3. The van der Waals surface area contributed by atoms with Crippen molar-refractivity contribution in [3.8, 4) is 5.75 Å². The molecule has 1 aromatic rings. The van der Waals surface area contributed by atoms with E-state index in [1.165, 1.54) is 6.07 Å². The number of carbonyl (C=O) groups is 1. The minimum Gasteiger partial charge on any atom is -0.505 e. The van der Waals surface area contributed by atoms with E-state index < -0.39 is 17.5 Å². The van der Waals surface area contributed by atoms with Crippen molar-refractivity contribution in [3.05, 3.63) is 29.6 Å². The van der Waals surface area contributed by atoms with E-state index in [2.05, 4.69) is 5.32 Å². The first-order chi connectivity index (χ1) is 11.1. The number of nitrogens with one attached hydrogen (secondary N) is 1. The number of phenolic OH excluding ortho intramolecular Hbond substituents is 1. The van der Waals surface area contributed by atoms with Crippen molar-refractivity contribution in [1.29, 1.82) is 0 Å². The van der Waals surface area contributed by atoms with E-state index in [1.54, 1.807) is 0 Å². The summed E-state index contributed by atoms with van der Waals surface area (Å²) in [6.07, 6.45) is 4.38. The summed E-state index contributed by atoms with van der Waals surface area (Å²) in [4.78, 5) is 12.5. The SMILES string of the molecule is O=C(NC(C1CCCO1)C1(CO)CCC1)c1ccc(O)c(F)c1. The Labute approximate surface area is 134 Å². The molecule has 5 nitrogen and oxygen atoms in total. The third-order valence-electron chi connectivity index (χ3n) is 5.16. The molecule has 1 aliphatic carbocycles. The van der Waals surface area contributed by atoms with Crippen LogP contribution in [-0.2, 0) is 4.74 Å². The predicted octanol–water partition coefficient (Wildman–Crippen LogP) is 1.97. The number of benzene rings is 1. The number of aromatic hydroxyl groups is 1. The van der Waals surface area contributed by atoms with E-state index >= 15 is 0 Å². The fourth-order valence-electron chi connectivity index (χ4n) is 3.58. The standard InChI is InChI=1S/C17H22FNO4/c18-12-9-11(4-5-13(12)21)16(22)19-15(14-3-1-8-23-14)17(10-20)6-2-7-17/h4-5,9,14-15,20-21H,1-3,6-8,10H2,(H,19,22). The van der Waals surface area contributed by atoms with Crippen LogP contribution in [0.2, 0.25) is 0 Å². The topological polar surface area (TPSA) is 78.8 Å². The second-order valence-corrected chi connectivity index (χ2v) is 6.54. The molecule has 1 aliphatic heterocycles. The summed E-state index contributed by atoms with van der Waals surface area (Å²) >= 11 is 0. The average molecular weight is 323 g/mol. The summed E-state index contributed by atoms with van der Waals surface area (Å²) in [6.45, 7) is 0.661. The van der Waals surface area contributed by atoms with Gasteiger partial charge in [-0.25, -0.2) is 4.39 Å². The lowest BCUT2D eigenvalue weighted by atomic mass is 9.63. The molecule has 3 N–H and O–H groups in total. The fourth-order valence-corrected chi connectivity index (χ4v) is 3.58. The van der Waals surface area contributed by atoms with Gasteiger partial charge in [0.1, 0.15) is 0 Å². The van der Waals surface area contributed by atoms with Crippen molar-refractivity contribution in [2.24, 2.45) is 5.41 Å². The van der Waals surface area contributed by atoms with Crippen LogP contribution in [0.15, 0.2) is 18.2 Å². The van der Waals surface area contributed by atoms with Crippen molar-refractivity contribution in [3.63, 3.8) is 0 Å². The lowest BCUT2D eigenvalue weighted by Crippen LogP contribution is -2.58. The zero-order valence-electron chi connectivity index (χ0n) is 12.9. The highest BCUT2D eigenvalue weighted by atomic mass is 19.1. The van der Waals surface area contributed by atoms with Gasteiger partial charge in [-0.2, -0.15) is 0 Å². The first-order valence-electron chi connectivity index (χ1n) is 8.07. The maximum absolute atomic E-state index is 13.5. The molecular formula is C17H22FNO4. The molecule has 2 aliphatic rings. The second-order valence-electron chi connectivity index (χ2n) is 6.54. The fraction of sp³-hybridized carbons (Fsp3) is 0.588. The first-order valence-corrected chi connectivity index (χ1v) is 8.07. The molecule has 3 rings (SSSR count). The van der Waals surface area contributed by atoms with E-state index in [1.807, 2.05) is 0 Å². The molecular weight excluding hydrogens is 301 g/mol. The highest BCUT2D eigenvalue weighted by Crippen LogP contribution is 2.46. The summed E-state index contributed by atoms with van der Waals surface area (Å²) in [5, 5.41) is 22.0. The molecule has 1 saturated carbocycles. The molecule has 23 heavy (non-hydrogen) atoms. The number of halogens is 1. The molecule has 1 heterocycles. The number of rotatable bonds is 5. The minimum absolute atomic E-state index is 0.00173. The molecule has 0 bridgehead atoms. The van der Waals surface area contributed by atoms with E-state index in [9.17, 15) is 19.4 Å². The molecule has 2 fully saturated rings. The van der Waals surface area contributed by atoms with E-state index in [4.69, 9.17) is 4.74 Å². The van der Waals surface area contributed by atoms with Gasteiger partial charge in [-0.1, -0.05) is 6.42 Å². The molecule has 0 spiro atoms. The molecule has 6 heteroatoms. The smallest absolute Gasteiger partial charge is 0.251 e. The van der Waals surface area contributed by atoms with Gasteiger partial charge in [0, 0.05) is 17.6 Å². The summed E-state index contributed by atoms with van der Waals surface area (Å²) < 4.78 is 19.2. The number of carbonyl (C=O) groups excluding carboxylic acids is 1. The van der Waals surface area contributed by atoms with Crippen molar-refractivity contribution >= 4 is 5.91 Å². The molecule has 1 aromatic carbocycles. The van der Waals surface area contributed by atoms with Gasteiger partial charge < -0.3 is 20.3 Å². The normalized spacial score (nSPS) is 24.0. The first kappa shape index (κ1) is 16.2. The van der Waals surface area contributed by atoms with Crippen LogP contribution >= 0.6 is 0 Å². The van der Waals surface area contributed by atoms with E-state index in [0.717, 1.165) is 44.2 Å². The van der Waals surface area contributed by atoms with Crippen molar-refractivity contribution in [2.45, 2.75) is 44.2 Å². The second kappa shape index (κ2) is 6.45. The van der Waals surface area contributed by atoms with Gasteiger partial charge in [0.15, 0.2) is 11.6 Å². The molecule has 0 aromatic heterocycles. The lowest BCUT2D eigenvalue weighted by molar-refractivity contribution is -0.0480. The van der Waals surface area contributed by atoms with Gasteiger partial charge in [0.25, 0.3) is 5.91 Å². The maximum Gasteiger partial charge on any atom is 0.251 e. The monoisotopic (exact) mass is 323 g/mol. The Kier molecular flexibility index (Phi) is 4.55. The predicted molar refractivity (Wildman–Crippen MR) is 81.7 cm³/mol. The largest absolute Gasteiger partial charge is 0.505 e. The van der Waals surface area contributed by atoms with Crippen molar-refractivity contribution in [1.82, 2.24) is 5.32 Å². The molecule has 126 valence electrons. The Hall–Kier alpha value is -1.66. The van der Waals surface area contributed by atoms with Gasteiger partial charge >= 0.3 is 0 Å². The Bertz CT molecular complexity index is 576. The van der Waals surface area contributed by atoms with Gasteiger partial charge in [0.2, 0.25) is 0 Å². The van der Waals surface area contributed by atoms with Crippen LogP contribution in [0.4, 0.5) is 4.39 Å². The quantitative estimate of drug-likeness (QED) is 0.774. The zero-order chi connectivity index (χ0) is 16.4. The zero-order valence-corrected chi connectivity index (χ0v) is 12.9. The van der Waals surface area contributed by atoms with Gasteiger partial charge in [-0.15, -0.1) is 0 Å². The third kappa shape index (κ3) is 3.05. The Morgan fingerprint density at radius 1 is 1.43 bits per heavy atom. The van der Waals surface area contributed by atoms with Crippen LogP contribution in [0.1, 0.15) is 42.5 Å². The number of ether oxygens (including phenoxy) is 1. The molecule has 1 saturated heterocycles. The van der Waals surface area contributed by atoms with Crippen LogP contribution in [-0.4, -0.2) is 41.5 Å². The Morgan fingerprint density at radius 2 is 2.22 bits per heavy atom. The summed E-state index contributed by atoms with van der Waals surface area (Å²) in [6, 6.07) is 3.28. The molecule has 1 amide bonds. The third-order valence-corrected chi connectivity index (χ3v) is 5.16. The number of amides is 1. The van der Waals surface area contributed by atoms with Crippen LogP contribution in [0.5, 0.6) is 5.75 Å². The molecule has 2 unspecified atom stereocenters. The van der Waals surface area contributed by atoms with Crippen LogP contribution < -0.4 is 5.32 Å². The van der Waals surface area contributed by atoms with Gasteiger partial charge in [0.05, 0.1) is 18.8 Å². The Morgan fingerprint density at radius 3 is 2.74 bits per heavy atom. The number of phenols is 1. The van der Waals surface area contributed by atoms with Crippen LogP contribution in [0.25, 0.3) is 0 Å². The van der Waals surface area contributed by atoms with Gasteiger partial charge in [-0.3, -0.25) is 4.79 Å². The summed E-state index contributed by atoms with van der Waals surface area (Å²) in [5.74, 6) is -1.72. The summed E-state index contributed by atoms with van der Waals surface area (Å²) in [7, 11) is 0. The number of aliphatic hydroxyl groups is 1. The van der Waals surface area contributed by atoms with Crippen molar-refractivity contribution < 1.29 is 24.1 Å². The molecule has 0 radical (unpaired) electrons. The highest BCUT2D eigenvalue weighted by Gasteiger charge is 2.48. The minimum atomic E-state index is -0.827. The number of aliphatic hydroxyl groups excluding tert-OH is 1.